The van der Waals surface area contributed by atoms with Gasteiger partial charge in [0, 0.05) is 32.9 Å². The summed E-state index contributed by atoms with van der Waals surface area (Å²) in [7, 11) is 1.64. The van der Waals surface area contributed by atoms with Crippen LogP contribution in [0.1, 0.15) is 12.5 Å². The first-order valence-electron chi connectivity index (χ1n) is 5.96. The molecule has 0 amide bonds. The van der Waals surface area contributed by atoms with Crippen LogP contribution in [-0.4, -0.2) is 33.7 Å². The highest BCUT2D eigenvalue weighted by molar-refractivity contribution is 5.29. The van der Waals surface area contributed by atoms with Crippen molar-refractivity contribution in [1.29, 1.82) is 0 Å². The van der Waals surface area contributed by atoms with E-state index in [1.54, 1.807) is 13.2 Å². The van der Waals surface area contributed by atoms with Gasteiger partial charge in [-0.15, -0.1) is 0 Å². The monoisotopic (exact) mass is 257 g/mol. The maximum atomic E-state index is 13.3. The molecule has 0 saturated heterocycles. The van der Waals surface area contributed by atoms with E-state index in [-0.39, 0.29) is 12.6 Å². The number of nitrogens with one attached hydrogen (secondary N) is 1. The smallest absolute Gasteiger partial charge is 0.189 e. The van der Waals surface area contributed by atoms with Crippen molar-refractivity contribution in [3.8, 4) is 5.75 Å². The van der Waals surface area contributed by atoms with Crippen molar-refractivity contribution in [2.45, 2.75) is 13.5 Å². The van der Waals surface area contributed by atoms with E-state index in [2.05, 4.69) is 5.32 Å². The number of halogens is 1. The molecule has 0 aromatic heterocycles. The molecular weight excluding hydrogens is 237 g/mol. The second-order valence-electron chi connectivity index (χ2n) is 3.72. The Morgan fingerprint density at radius 3 is 2.83 bits per heavy atom. The molecule has 0 atom stereocenters. The van der Waals surface area contributed by atoms with E-state index >= 15 is 0 Å². The van der Waals surface area contributed by atoms with Gasteiger partial charge in [-0.05, 0) is 24.6 Å². The fourth-order valence-electron chi connectivity index (χ4n) is 1.41. The van der Waals surface area contributed by atoms with Gasteiger partial charge in [-0.3, -0.25) is 0 Å². The van der Waals surface area contributed by atoms with Crippen LogP contribution < -0.4 is 10.1 Å². The van der Waals surface area contributed by atoms with Crippen LogP contribution >= 0.6 is 0 Å². The zero-order valence-corrected chi connectivity index (χ0v) is 10.9. The first-order valence-corrected chi connectivity index (χ1v) is 5.96. The summed E-state index contributed by atoms with van der Waals surface area (Å²) >= 11 is 0. The van der Waals surface area contributed by atoms with Gasteiger partial charge < -0.3 is 19.5 Å². The minimum Gasteiger partial charge on any atom is -0.467 e. The summed E-state index contributed by atoms with van der Waals surface area (Å²) in [4.78, 5) is 0. The minimum absolute atomic E-state index is 0.135. The molecule has 18 heavy (non-hydrogen) atoms. The Kier molecular flexibility index (Phi) is 7.32. The third kappa shape index (κ3) is 5.95. The predicted octanol–water partition coefficient (Wildman–Crippen LogP) is 1.93. The molecule has 1 aromatic carbocycles. The van der Waals surface area contributed by atoms with Gasteiger partial charge in [-0.2, -0.15) is 0 Å². The highest BCUT2D eigenvalue weighted by atomic mass is 19.1. The lowest BCUT2D eigenvalue weighted by Crippen LogP contribution is -2.18. The number of ether oxygens (including phenoxy) is 3. The number of hydrogen-bond donors (Lipinski definition) is 1. The summed E-state index contributed by atoms with van der Waals surface area (Å²) < 4.78 is 28.6. The van der Waals surface area contributed by atoms with E-state index in [0.717, 1.165) is 12.1 Å². The first-order chi connectivity index (χ1) is 8.76. The van der Waals surface area contributed by atoms with Gasteiger partial charge >= 0.3 is 0 Å². The van der Waals surface area contributed by atoms with Crippen LogP contribution in [0.25, 0.3) is 0 Å². The third-order valence-corrected chi connectivity index (χ3v) is 2.26. The highest BCUT2D eigenvalue weighted by Gasteiger charge is 2.02. The molecule has 1 rings (SSSR count). The lowest BCUT2D eigenvalue weighted by Gasteiger charge is -2.09. The largest absolute Gasteiger partial charge is 0.467 e. The van der Waals surface area contributed by atoms with Crippen LogP contribution in [0.4, 0.5) is 4.39 Å². The Morgan fingerprint density at radius 1 is 1.28 bits per heavy atom. The second-order valence-corrected chi connectivity index (χ2v) is 3.72. The van der Waals surface area contributed by atoms with Crippen molar-refractivity contribution in [3.05, 3.63) is 29.6 Å². The molecule has 0 heterocycles. The Morgan fingerprint density at radius 2 is 2.11 bits per heavy atom. The molecule has 0 saturated carbocycles. The molecule has 0 aliphatic heterocycles. The molecule has 1 N–H and O–H groups in total. The number of methoxy groups -OCH3 is 1. The van der Waals surface area contributed by atoms with Crippen LogP contribution in [0.15, 0.2) is 18.2 Å². The van der Waals surface area contributed by atoms with E-state index in [4.69, 9.17) is 14.2 Å². The van der Waals surface area contributed by atoms with Gasteiger partial charge in [-0.25, -0.2) is 4.39 Å². The topological polar surface area (TPSA) is 39.7 Å². The fourth-order valence-corrected chi connectivity index (χ4v) is 1.41. The molecule has 0 aliphatic carbocycles. The van der Waals surface area contributed by atoms with E-state index in [9.17, 15) is 4.39 Å². The zero-order chi connectivity index (χ0) is 13.2. The SMILES string of the molecule is CCOCOc1cc(F)cc(CNCCOC)c1. The summed E-state index contributed by atoms with van der Waals surface area (Å²) in [5.74, 6) is 0.166. The molecule has 4 nitrogen and oxygen atoms in total. The van der Waals surface area contributed by atoms with Gasteiger partial charge in [-0.1, -0.05) is 0 Å². The second kappa shape index (κ2) is 8.85. The van der Waals surface area contributed by atoms with Crippen molar-refractivity contribution >= 4 is 0 Å². The first kappa shape index (κ1) is 14.9. The van der Waals surface area contributed by atoms with Crippen molar-refractivity contribution in [3.63, 3.8) is 0 Å². The molecule has 0 unspecified atom stereocenters. The molecular formula is C13H20FNO3. The summed E-state index contributed by atoms with van der Waals surface area (Å²) in [5.41, 5.74) is 0.831. The molecule has 0 bridgehead atoms. The molecule has 0 fully saturated rings. The van der Waals surface area contributed by atoms with Crippen molar-refractivity contribution in [2.75, 3.05) is 33.7 Å². The maximum absolute atomic E-state index is 13.3. The highest BCUT2D eigenvalue weighted by Crippen LogP contribution is 2.16. The molecule has 102 valence electrons. The molecule has 0 spiro atoms. The van der Waals surface area contributed by atoms with Gasteiger partial charge in [0.1, 0.15) is 11.6 Å². The van der Waals surface area contributed by atoms with Crippen molar-refractivity contribution in [1.82, 2.24) is 5.32 Å². The van der Waals surface area contributed by atoms with E-state index in [0.29, 0.717) is 25.5 Å². The minimum atomic E-state index is -0.312. The average Bonchev–Trinajstić information content (AvgIpc) is 2.34. The van der Waals surface area contributed by atoms with Crippen molar-refractivity contribution in [2.24, 2.45) is 0 Å². The summed E-state index contributed by atoms with van der Waals surface area (Å²) in [6.45, 7) is 4.51. The van der Waals surface area contributed by atoms with Gasteiger partial charge in [0.05, 0.1) is 6.61 Å². The van der Waals surface area contributed by atoms with E-state index < -0.39 is 0 Å². The molecule has 5 heteroatoms. The van der Waals surface area contributed by atoms with Crippen LogP contribution in [0.3, 0.4) is 0 Å². The lowest BCUT2D eigenvalue weighted by molar-refractivity contribution is 0.0222. The van der Waals surface area contributed by atoms with Crippen LogP contribution in [0.5, 0.6) is 5.75 Å². The quantitative estimate of drug-likeness (QED) is 0.542. The van der Waals surface area contributed by atoms with Crippen LogP contribution in [0, 0.1) is 5.82 Å². The maximum Gasteiger partial charge on any atom is 0.189 e. The predicted molar refractivity (Wildman–Crippen MR) is 67.1 cm³/mol. The number of benzene rings is 1. The normalized spacial score (nSPS) is 10.6. The Bertz CT molecular complexity index is 347. The Labute approximate surface area is 107 Å². The fraction of sp³-hybridized carbons (Fsp3) is 0.538. The Balaban J connectivity index is 2.46. The summed E-state index contributed by atoms with van der Waals surface area (Å²) in [6, 6.07) is 4.62. The average molecular weight is 257 g/mol. The van der Waals surface area contributed by atoms with Gasteiger partial charge in [0.25, 0.3) is 0 Å². The van der Waals surface area contributed by atoms with Gasteiger partial charge in [0.2, 0.25) is 0 Å². The van der Waals surface area contributed by atoms with E-state index in [1.165, 1.54) is 12.1 Å². The van der Waals surface area contributed by atoms with Gasteiger partial charge in [0.15, 0.2) is 6.79 Å². The number of hydrogen-bond acceptors (Lipinski definition) is 4. The zero-order valence-electron chi connectivity index (χ0n) is 10.9. The number of rotatable bonds is 9. The standard InChI is InChI=1S/C13H20FNO3/c1-3-17-10-18-13-7-11(6-12(14)8-13)9-15-4-5-16-2/h6-8,15H,3-5,9-10H2,1-2H3. The summed E-state index contributed by atoms with van der Waals surface area (Å²) in [5, 5.41) is 3.15. The van der Waals surface area contributed by atoms with Crippen LogP contribution in [0.2, 0.25) is 0 Å². The molecule has 1 aromatic rings. The molecule has 0 radical (unpaired) electrons. The Hall–Kier alpha value is -1.17. The molecule has 0 aliphatic rings. The van der Waals surface area contributed by atoms with Crippen LogP contribution in [-0.2, 0) is 16.0 Å². The third-order valence-electron chi connectivity index (χ3n) is 2.26. The summed E-state index contributed by atoms with van der Waals surface area (Å²) in [6.07, 6.45) is 0. The lowest BCUT2D eigenvalue weighted by atomic mass is 10.2. The van der Waals surface area contributed by atoms with Crippen molar-refractivity contribution < 1.29 is 18.6 Å². The van der Waals surface area contributed by atoms with E-state index in [1.807, 2.05) is 6.92 Å².